The summed E-state index contributed by atoms with van der Waals surface area (Å²) >= 11 is 6.54. The maximum Gasteiger partial charge on any atom is 0.247 e. The highest BCUT2D eigenvalue weighted by Crippen LogP contribution is 2.35. The summed E-state index contributed by atoms with van der Waals surface area (Å²) in [6.45, 7) is 10.6. The number of nitrogens with zero attached hydrogens (tertiary/aromatic N) is 4. The summed E-state index contributed by atoms with van der Waals surface area (Å²) in [6, 6.07) is 14.8. The second-order valence-electron chi connectivity index (χ2n) is 9.77. The maximum atomic E-state index is 12.2. The molecule has 11 heteroatoms. The topological polar surface area (TPSA) is 111 Å². The van der Waals surface area contributed by atoms with Crippen LogP contribution in [-0.2, 0) is 16.1 Å². The summed E-state index contributed by atoms with van der Waals surface area (Å²) in [4.78, 5) is 27.9. The molecule has 2 aromatic carbocycles. The van der Waals surface area contributed by atoms with E-state index < -0.39 is 0 Å². The monoisotopic (exact) mass is 588 g/mol. The maximum absolute atomic E-state index is 12.2. The van der Waals surface area contributed by atoms with Gasteiger partial charge in [0.1, 0.15) is 30.3 Å². The lowest BCUT2D eigenvalue weighted by Crippen LogP contribution is -2.37. The van der Waals surface area contributed by atoms with Crippen molar-refractivity contribution >= 4 is 45.6 Å². The lowest BCUT2D eigenvalue weighted by atomic mass is 10.1. The summed E-state index contributed by atoms with van der Waals surface area (Å²) in [7, 11) is 0. The number of pyridine rings is 1. The SMILES string of the molecule is C=CC(=O)Nc1cc2c(Nc3ccc(OCc4cccc(C)n4)c(Cl)c3)ncnc2cc1OCCCN1CCOCC1. The highest BCUT2D eigenvalue weighted by Gasteiger charge is 2.15. The van der Waals surface area contributed by atoms with E-state index in [9.17, 15) is 4.79 Å². The molecule has 2 N–H and O–H groups in total. The van der Waals surface area contributed by atoms with Gasteiger partial charge in [0.25, 0.3) is 0 Å². The molecule has 0 bridgehead atoms. The number of morpholine rings is 1. The molecular formula is C31H33ClN6O4. The van der Waals surface area contributed by atoms with Crippen LogP contribution in [0.25, 0.3) is 10.9 Å². The standard InChI is InChI=1S/C31H33ClN6O4/c1-3-30(39)37-27-17-24-26(18-29(27)41-13-5-10-38-11-14-40-15-12-38)33-20-34-31(24)36-22-8-9-28(25(32)16-22)42-19-23-7-4-6-21(2)35-23/h3-4,6-9,16-18,20H,1,5,10-15,19H2,2H3,(H,37,39)(H,33,34,36). The first kappa shape index (κ1) is 29.2. The van der Waals surface area contributed by atoms with Gasteiger partial charge in [0.05, 0.1) is 41.7 Å². The van der Waals surface area contributed by atoms with Crippen LogP contribution in [0.15, 0.2) is 67.5 Å². The summed E-state index contributed by atoms with van der Waals surface area (Å²) in [6.07, 6.45) is 3.53. The fourth-order valence-electron chi connectivity index (χ4n) is 4.54. The largest absolute Gasteiger partial charge is 0.491 e. The van der Waals surface area contributed by atoms with E-state index in [4.69, 9.17) is 25.8 Å². The van der Waals surface area contributed by atoms with Gasteiger partial charge in [-0.05, 0) is 55.8 Å². The number of fused-ring (bicyclic) bond motifs is 1. The van der Waals surface area contributed by atoms with E-state index in [1.165, 1.54) is 12.4 Å². The molecule has 0 radical (unpaired) electrons. The van der Waals surface area contributed by atoms with Crippen molar-refractivity contribution in [3.05, 3.63) is 83.9 Å². The Morgan fingerprint density at radius 2 is 1.98 bits per heavy atom. The quantitative estimate of drug-likeness (QED) is 0.163. The van der Waals surface area contributed by atoms with Gasteiger partial charge in [-0.1, -0.05) is 24.2 Å². The molecule has 2 aromatic heterocycles. The third kappa shape index (κ3) is 7.73. The Morgan fingerprint density at radius 1 is 1.12 bits per heavy atom. The second kappa shape index (κ2) is 14.1. The average molecular weight is 589 g/mol. The molecule has 1 fully saturated rings. The zero-order valence-electron chi connectivity index (χ0n) is 23.4. The van der Waals surface area contributed by atoms with E-state index in [2.05, 4.69) is 37.1 Å². The zero-order chi connectivity index (χ0) is 29.3. The Morgan fingerprint density at radius 3 is 2.76 bits per heavy atom. The average Bonchev–Trinajstić information content (AvgIpc) is 3.00. The number of nitrogens with one attached hydrogen (secondary N) is 2. The number of amides is 1. The third-order valence-electron chi connectivity index (χ3n) is 6.68. The Labute approximate surface area is 249 Å². The number of aromatic nitrogens is 3. The fourth-order valence-corrected chi connectivity index (χ4v) is 4.78. The predicted octanol–water partition coefficient (Wildman–Crippen LogP) is 5.53. The van der Waals surface area contributed by atoms with E-state index in [0.29, 0.717) is 57.8 Å². The highest BCUT2D eigenvalue weighted by molar-refractivity contribution is 6.32. The predicted molar refractivity (Wildman–Crippen MR) is 164 cm³/mol. The molecule has 42 heavy (non-hydrogen) atoms. The number of aryl methyl sites for hydroxylation is 1. The highest BCUT2D eigenvalue weighted by atomic mass is 35.5. The molecule has 0 saturated carbocycles. The summed E-state index contributed by atoms with van der Waals surface area (Å²) < 4.78 is 17.4. The second-order valence-corrected chi connectivity index (χ2v) is 10.2. The molecule has 218 valence electrons. The molecule has 3 heterocycles. The Hall–Kier alpha value is -4.25. The first-order chi connectivity index (χ1) is 20.5. The number of hydrogen-bond acceptors (Lipinski definition) is 9. The van der Waals surface area contributed by atoms with Gasteiger partial charge in [-0.25, -0.2) is 9.97 Å². The van der Waals surface area contributed by atoms with Gasteiger partial charge in [-0.15, -0.1) is 0 Å². The van der Waals surface area contributed by atoms with Crippen LogP contribution in [-0.4, -0.2) is 65.2 Å². The van der Waals surface area contributed by atoms with Gasteiger partial charge < -0.3 is 24.8 Å². The molecule has 0 aliphatic carbocycles. The molecule has 1 aliphatic heterocycles. The van der Waals surface area contributed by atoms with Crippen molar-refractivity contribution in [3.8, 4) is 11.5 Å². The van der Waals surface area contributed by atoms with Crippen molar-refractivity contribution in [2.24, 2.45) is 0 Å². The summed E-state index contributed by atoms with van der Waals surface area (Å²) in [5, 5.41) is 7.29. The summed E-state index contributed by atoms with van der Waals surface area (Å²) in [5.74, 6) is 1.27. The number of halogens is 1. The van der Waals surface area contributed by atoms with Crippen LogP contribution in [0.5, 0.6) is 11.5 Å². The molecule has 1 saturated heterocycles. The molecule has 10 nitrogen and oxygen atoms in total. The van der Waals surface area contributed by atoms with Crippen molar-refractivity contribution in [3.63, 3.8) is 0 Å². The Kier molecular flexibility index (Phi) is 9.81. The number of hydrogen-bond donors (Lipinski definition) is 2. The minimum Gasteiger partial charge on any atom is -0.491 e. The van der Waals surface area contributed by atoms with Gasteiger partial charge in [0, 0.05) is 42.5 Å². The molecule has 1 aliphatic rings. The number of benzene rings is 2. The van der Waals surface area contributed by atoms with Crippen molar-refractivity contribution in [2.45, 2.75) is 20.0 Å². The minimum absolute atomic E-state index is 0.307. The molecule has 0 spiro atoms. The summed E-state index contributed by atoms with van der Waals surface area (Å²) in [5.41, 5.74) is 3.61. The van der Waals surface area contributed by atoms with Gasteiger partial charge in [0.15, 0.2) is 0 Å². The van der Waals surface area contributed by atoms with Crippen LogP contribution in [0.2, 0.25) is 5.02 Å². The van der Waals surface area contributed by atoms with Crippen LogP contribution in [0, 0.1) is 6.92 Å². The molecular weight excluding hydrogens is 556 g/mol. The molecule has 0 atom stereocenters. The van der Waals surface area contributed by atoms with Crippen LogP contribution >= 0.6 is 11.6 Å². The van der Waals surface area contributed by atoms with Gasteiger partial charge in [-0.3, -0.25) is 14.7 Å². The van der Waals surface area contributed by atoms with E-state index >= 15 is 0 Å². The fraction of sp³-hybridized carbons (Fsp3) is 0.290. The van der Waals surface area contributed by atoms with E-state index in [1.54, 1.807) is 24.3 Å². The van der Waals surface area contributed by atoms with Crippen LogP contribution in [0.1, 0.15) is 17.8 Å². The normalized spacial score (nSPS) is 13.5. The van der Waals surface area contributed by atoms with Crippen LogP contribution in [0.3, 0.4) is 0 Å². The number of ether oxygens (including phenoxy) is 3. The van der Waals surface area contributed by atoms with E-state index in [1.807, 2.05) is 31.2 Å². The van der Waals surface area contributed by atoms with Crippen molar-refractivity contribution in [2.75, 3.05) is 50.1 Å². The number of carbonyl (C=O) groups excluding carboxylic acids is 1. The van der Waals surface area contributed by atoms with Gasteiger partial charge >= 0.3 is 0 Å². The minimum atomic E-state index is -0.345. The lowest BCUT2D eigenvalue weighted by Gasteiger charge is -2.26. The molecule has 4 aromatic rings. The first-order valence-corrected chi connectivity index (χ1v) is 14.1. The Balaban J connectivity index is 1.31. The third-order valence-corrected chi connectivity index (χ3v) is 6.97. The van der Waals surface area contributed by atoms with Crippen molar-refractivity contribution in [1.82, 2.24) is 19.9 Å². The molecule has 0 unspecified atom stereocenters. The van der Waals surface area contributed by atoms with Gasteiger partial charge in [-0.2, -0.15) is 0 Å². The van der Waals surface area contributed by atoms with Crippen molar-refractivity contribution in [1.29, 1.82) is 0 Å². The van der Waals surface area contributed by atoms with Gasteiger partial charge in [0.2, 0.25) is 5.91 Å². The Bertz CT molecular complexity index is 1560. The van der Waals surface area contributed by atoms with Crippen LogP contribution < -0.4 is 20.1 Å². The van der Waals surface area contributed by atoms with Crippen LogP contribution in [0.4, 0.5) is 17.2 Å². The molecule has 1 amide bonds. The number of anilines is 3. The lowest BCUT2D eigenvalue weighted by molar-refractivity contribution is -0.111. The van der Waals surface area contributed by atoms with E-state index in [0.717, 1.165) is 50.7 Å². The number of carbonyl (C=O) groups is 1. The first-order valence-electron chi connectivity index (χ1n) is 13.8. The van der Waals surface area contributed by atoms with E-state index in [-0.39, 0.29) is 5.91 Å². The number of rotatable bonds is 12. The molecule has 5 rings (SSSR count). The zero-order valence-corrected chi connectivity index (χ0v) is 24.2. The van der Waals surface area contributed by atoms with Crippen molar-refractivity contribution < 1.29 is 19.0 Å². The smallest absolute Gasteiger partial charge is 0.247 e.